The lowest BCUT2D eigenvalue weighted by atomic mass is 10.2. The Hall–Kier alpha value is -4.34. The number of carbonyl (C=O) groups excluding carboxylic acids is 1. The second-order valence-corrected chi connectivity index (χ2v) is 7.53. The van der Waals surface area contributed by atoms with Gasteiger partial charge < -0.3 is 25.9 Å². The second kappa shape index (κ2) is 14.0. The molecule has 6 N–H and O–H groups in total. The fourth-order valence-corrected chi connectivity index (χ4v) is 3.09. The summed E-state index contributed by atoms with van der Waals surface area (Å²) in [6.07, 6.45) is 6.99. The number of nitrogens with two attached hydrogens (primary N) is 1. The van der Waals surface area contributed by atoms with Crippen molar-refractivity contribution in [3.8, 4) is 5.75 Å². The predicted octanol–water partition coefficient (Wildman–Crippen LogP) is 3.95. The highest BCUT2D eigenvalue weighted by Crippen LogP contribution is 2.22. The van der Waals surface area contributed by atoms with Crippen molar-refractivity contribution in [3.05, 3.63) is 59.8 Å². The Kier molecular flexibility index (Phi) is 10.8. The zero-order valence-electron chi connectivity index (χ0n) is 20.2. The molecule has 0 atom stereocenters. The van der Waals surface area contributed by atoms with Gasteiger partial charge in [0, 0.05) is 36.1 Å². The van der Waals surface area contributed by atoms with E-state index >= 15 is 0 Å². The summed E-state index contributed by atoms with van der Waals surface area (Å²) >= 11 is 0. The number of methoxy groups -OCH3 is 1. The van der Waals surface area contributed by atoms with E-state index in [-0.39, 0.29) is 11.5 Å². The van der Waals surface area contributed by atoms with Crippen molar-refractivity contribution >= 4 is 40.6 Å². The van der Waals surface area contributed by atoms with Crippen LogP contribution in [-0.2, 0) is 4.79 Å². The maximum absolute atomic E-state index is 10.7. The summed E-state index contributed by atoms with van der Waals surface area (Å²) in [5.74, 6) is -0.186. The number of carbonyl (C=O) groups is 2. The third-order valence-electron chi connectivity index (χ3n) is 4.82. The van der Waals surface area contributed by atoms with Crippen LogP contribution in [0.2, 0.25) is 0 Å². The number of H-pyrrole nitrogens is 1. The first kappa shape index (κ1) is 26.9. The summed E-state index contributed by atoms with van der Waals surface area (Å²) in [4.78, 5) is 28.7. The number of nitrogens with one attached hydrogen (secondary N) is 3. The molecule has 0 aliphatic heterocycles. The Labute approximate surface area is 204 Å². The molecular weight excluding hydrogens is 448 g/mol. The van der Waals surface area contributed by atoms with Gasteiger partial charge in [-0.25, -0.2) is 10.2 Å². The molecule has 0 unspecified atom stereocenters. The van der Waals surface area contributed by atoms with Gasteiger partial charge in [-0.15, -0.1) is 0 Å². The summed E-state index contributed by atoms with van der Waals surface area (Å²) in [7, 11) is 1.65. The van der Waals surface area contributed by atoms with Crippen LogP contribution in [0.25, 0.3) is 10.9 Å². The first-order valence-corrected chi connectivity index (χ1v) is 11.2. The molecule has 0 spiro atoms. The molecule has 10 nitrogen and oxygen atoms in total. The first-order chi connectivity index (χ1) is 16.8. The van der Waals surface area contributed by atoms with E-state index in [9.17, 15) is 9.59 Å². The maximum Gasteiger partial charge on any atom is 0.337 e. The molecular formula is C25H32N6O4. The molecule has 186 valence electrons. The Morgan fingerprint density at radius 1 is 1.20 bits per heavy atom. The number of hydrazone groups is 1. The number of aromatic nitrogens is 1. The minimum Gasteiger partial charge on any atom is -0.497 e. The van der Waals surface area contributed by atoms with Crippen molar-refractivity contribution in [3.63, 3.8) is 0 Å². The van der Waals surface area contributed by atoms with Gasteiger partial charge >= 0.3 is 5.97 Å². The number of fused-ring (bicyclic) bond motifs is 1. The second-order valence-electron chi connectivity index (χ2n) is 7.53. The van der Waals surface area contributed by atoms with Crippen molar-refractivity contribution in [2.75, 3.05) is 19.0 Å². The van der Waals surface area contributed by atoms with Crippen LogP contribution >= 0.6 is 0 Å². The molecule has 0 aliphatic rings. The first-order valence-electron chi connectivity index (χ1n) is 11.2. The number of nitrogens with zero attached hydrogens (tertiary/aromatic N) is 2. The molecule has 1 aromatic heterocycles. The molecule has 3 aromatic rings. The number of para-hydroxylation sites is 1. The Bertz CT molecular complexity index is 1190. The number of aliphatic imine (C=N–C) groups is 1. The SMILES string of the molecule is CC(=O)Nc1ccccc1C(=O)O.CCCCCN=C(N)N/N=C/c1c[nH]c2ccc(OC)cc12. The van der Waals surface area contributed by atoms with E-state index in [2.05, 4.69) is 32.7 Å². The van der Waals surface area contributed by atoms with E-state index in [4.69, 9.17) is 15.6 Å². The Balaban J connectivity index is 0.000000283. The molecule has 1 amide bonds. The lowest BCUT2D eigenvalue weighted by Gasteiger charge is -2.04. The van der Waals surface area contributed by atoms with Gasteiger partial charge in [0.1, 0.15) is 5.75 Å². The number of aromatic amines is 1. The zero-order valence-corrected chi connectivity index (χ0v) is 20.2. The summed E-state index contributed by atoms with van der Waals surface area (Å²) in [5.41, 5.74) is 10.9. The summed E-state index contributed by atoms with van der Waals surface area (Å²) in [5, 5.41) is 16.3. The molecule has 0 radical (unpaired) electrons. The number of carboxylic acid groups (broad SMARTS) is 1. The lowest BCUT2D eigenvalue weighted by molar-refractivity contribution is -0.114. The molecule has 2 aromatic carbocycles. The van der Waals surface area contributed by atoms with Gasteiger partial charge in [0.15, 0.2) is 0 Å². The van der Waals surface area contributed by atoms with E-state index in [0.717, 1.165) is 41.6 Å². The number of rotatable bonds is 9. The van der Waals surface area contributed by atoms with Gasteiger partial charge in [-0.05, 0) is 36.8 Å². The highest BCUT2D eigenvalue weighted by molar-refractivity contribution is 6.00. The van der Waals surface area contributed by atoms with Crippen molar-refractivity contribution in [2.45, 2.75) is 33.1 Å². The molecule has 3 rings (SSSR count). The molecule has 35 heavy (non-hydrogen) atoms. The normalized spacial score (nSPS) is 11.1. The molecule has 10 heteroatoms. The number of benzene rings is 2. The van der Waals surface area contributed by atoms with Crippen LogP contribution in [0, 0.1) is 0 Å². The maximum atomic E-state index is 10.7. The zero-order chi connectivity index (χ0) is 25.6. The summed E-state index contributed by atoms with van der Waals surface area (Å²) in [6, 6.07) is 12.1. The van der Waals surface area contributed by atoms with Gasteiger partial charge in [-0.1, -0.05) is 31.9 Å². The monoisotopic (exact) mass is 480 g/mol. The van der Waals surface area contributed by atoms with Crippen molar-refractivity contribution < 1.29 is 19.4 Å². The number of carboxylic acids is 1. The largest absolute Gasteiger partial charge is 0.497 e. The quantitative estimate of drug-likeness (QED) is 0.135. The predicted molar refractivity (Wildman–Crippen MR) is 139 cm³/mol. The Morgan fingerprint density at radius 2 is 1.97 bits per heavy atom. The molecule has 0 aliphatic carbocycles. The van der Waals surface area contributed by atoms with Crippen molar-refractivity contribution in [2.24, 2.45) is 15.8 Å². The van der Waals surface area contributed by atoms with Gasteiger partial charge in [0.05, 0.1) is 24.6 Å². The van der Waals surface area contributed by atoms with Crippen molar-refractivity contribution in [1.82, 2.24) is 10.4 Å². The number of ether oxygens (including phenoxy) is 1. The average molecular weight is 481 g/mol. The molecule has 1 heterocycles. The van der Waals surface area contributed by atoms with E-state index < -0.39 is 5.97 Å². The van der Waals surface area contributed by atoms with Gasteiger partial charge in [0.2, 0.25) is 11.9 Å². The van der Waals surface area contributed by atoms with Crippen LogP contribution in [0.15, 0.2) is 58.8 Å². The number of hydrogen-bond donors (Lipinski definition) is 5. The summed E-state index contributed by atoms with van der Waals surface area (Å²) < 4.78 is 5.24. The number of unbranched alkanes of at least 4 members (excludes halogenated alkanes) is 2. The number of amides is 1. The lowest BCUT2D eigenvalue weighted by Crippen LogP contribution is -2.27. The Morgan fingerprint density at radius 3 is 2.66 bits per heavy atom. The van der Waals surface area contributed by atoms with Crippen LogP contribution < -0.4 is 21.2 Å². The smallest absolute Gasteiger partial charge is 0.337 e. The van der Waals surface area contributed by atoms with Crippen LogP contribution in [0.1, 0.15) is 49.0 Å². The van der Waals surface area contributed by atoms with Gasteiger partial charge in [0.25, 0.3) is 0 Å². The van der Waals surface area contributed by atoms with Gasteiger partial charge in [-0.3, -0.25) is 9.79 Å². The molecule has 0 fully saturated rings. The van der Waals surface area contributed by atoms with E-state index in [1.165, 1.54) is 19.4 Å². The van der Waals surface area contributed by atoms with E-state index in [1.807, 2.05) is 24.4 Å². The van der Waals surface area contributed by atoms with E-state index in [1.54, 1.807) is 31.5 Å². The minimum absolute atomic E-state index is 0.0951. The number of anilines is 1. The fourth-order valence-electron chi connectivity index (χ4n) is 3.09. The van der Waals surface area contributed by atoms with Crippen LogP contribution in [0.4, 0.5) is 5.69 Å². The number of hydrogen-bond acceptors (Lipinski definition) is 5. The fraction of sp³-hybridized carbons (Fsp3) is 0.280. The van der Waals surface area contributed by atoms with Crippen LogP contribution in [0.3, 0.4) is 0 Å². The standard InChI is InChI=1S/C16H23N5O.C9H9NO3/c1-3-4-5-8-18-16(17)21-20-11-12-10-19-15-7-6-13(22-2)9-14(12)15;1-6(11)10-8-5-3-2-4-7(8)9(12)13/h6-7,9-11,19H,3-5,8H2,1-2H3,(H3,17,18,21);2-5H,1H3,(H,10,11)(H,12,13)/b20-11+;. The third kappa shape index (κ3) is 8.84. The third-order valence-corrected chi connectivity index (χ3v) is 4.82. The minimum atomic E-state index is -1.05. The average Bonchev–Trinajstić information content (AvgIpc) is 3.24. The number of guanidine groups is 1. The van der Waals surface area contributed by atoms with Gasteiger partial charge in [-0.2, -0.15) is 5.10 Å². The van der Waals surface area contributed by atoms with Crippen LogP contribution in [-0.4, -0.2) is 47.8 Å². The van der Waals surface area contributed by atoms with Crippen molar-refractivity contribution in [1.29, 1.82) is 0 Å². The molecule has 0 bridgehead atoms. The highest BCUT2D eigenvalue weighted by Gasteiger charge is 2.09. The van der Waals surface area contributed by atoms with Crippen LogP contribution in [0.5, 0.6) is 5.75 Å². The number of aromatic carboxylic acids is 1. The topological polar surface area (TPSA) is 154 Å². The molecule has 0 saturated heterocycles. The van der Waals surface area contributed by atoms with E-state index in [0.29, 0.717) is 11.6 Å². The highest BCUT2D eigenvalue weighted by atomic mass is 16.5. The molecule has 0 saturated carbocycles. The summed E-state index contributed by atoms with van der Waals surface area (Å²) in [6.45, 7) is 4.22.